The predicted molar refractivity (Wildman–Crippen MR) is 85.9 cm³/mol. The topological polar surface area (TPSA) is 12.4 Å². The molecule has 1 aromatic rings. The van der Waals surface area contributed by atoms with Crippen LogP contribution in [0.3, 0.4) is 0 Å². The highest BCUT2D eigenvalue weighted by atomic mass is 14.7. The molecule has 0 unspecified atom stereocenters. The normalized spacial score (nSPS) is 14.1. The van der Waals surface area contributed by atoms with Gasteiger partial charge in [0.25, 0.3) is 0 Å². The molecule has 0 aliphatic rings. The molecule has 1 rings (SSSR count). The van der Waals surface area contributed by atoms with Gasteiger partial charge in [-0.2, -0.15) is 0 Å². The van der Waals surface area contributed by atoms with Crippen LogP contribution in [0, 0.1) is 5.92 Å². The van der Waals surface area contributed by atoms with Crippen LogP contribution in [0.4, 0.5) is 0 Å². The van der Waals surface area contributed by atoms with Gasteiger partial charge in [-0.05, 0) is 49.0 Å². The second-order valence-electron chi connectivity index (χ2n) is 5.21. The summed E-state index contributed by atoms with van der Waals surface area (Å²) in [5, 5.41) is 0. The first-order chi connectivity index (χ1) is 9.08. The van der Waals surface area contributed by atoms with Crippen molar-refractivity contribution in [2.24, 2.45) is 10.9 Å². The zero-order chi connectivity index (χ0) is 14.3. The molecule has 0 spiro atoms. The summed E-state index contributed by atoms with van der Waals surface area (Å²) in [6, 6.07) is 10.3. The largest absolute Gasteiger partial charge is 0.288 e. The molecule has 19 heavy (non-hydrogen) atoms. The van der Waals surface area contributed by atoms with Crippen LogP contribution in [0.5, 0.6) is 0 Å². The first-order valence-corrected chi connectivity index (χ1v) is 6.94. The van der Waals surface area contributed by atoms with Gasteiger partial charge >= 0.3 is 0 Å². The lowest BCUT2D eigenvalue weighted by atomic mass is 9.95. The smallest absolute Gasteiger partial charge is 0.0645 e. The molecular weight excluding hydrogens is 230 g/mol. The average molecular weight is 255 g/mol. The standard InChI is InChI=1S/C18H25N/c1-6-16(12-14(2)3)15(4)13-18(19-5)17-10-8-7-9-11-17/h6-11,13-14H,12H2,1-5H3/b15-13-,16-6-,19-18-. The van der Waals surface area contributed by atoms with Crippen LogP contribution in [0.25, 0.3) is 0 Å². The summed E-state index contributed by atoms with van der Waals surface area (Å²) in [5.74, 6) is 0.674. The molecule has 0 saturated heterocycles. The lowest BCUT2D eigenvalue weighted by Crippen LogP contribution is -2.00. The van der Waals surface area contributed by atoms with E-state index in [1.54, 1.807) is 0 Å². The minimum atomic E-state index is 0.674. The van der Waals surface area contributed by atoms with Gasteiger partial charge in [-0.15, -0.1) is 0 Å². The van der Waals surface area contributed by atoms with Crippen LogP contribution in [0.15, 0.2) is 58.6 Å². The van der Waals surface area contributed by atoms with E-state index in [0.29, 0.717) is 5.92 Å². The Morgan fingerprint density at radius 2 is 1.84 bits per heavy atom. The van der Waals surface area contributed by atoms with E-state index >= 15 is 0 Å². The molecule has 1 heteroatoms. The van der Waals surface area contributed by atoms with E-state index in [9.17, 15) is 0 Å². The maximum Gasteiger partial charge on any atom is 0.0645 e. The van der Waals surface area contributed by atoms with Gasteiger partial charge in [0, 0.05) is 7.05 Å². The molecule has 1 aromatic carbocycles. The zero-order valence-corrected chi connectivity index (χ0v) is 12.8. The van der Waals surface area contributed by atoms with Crippen molar-refractivity contribution in [1.29, 1.82) is 0 Å². The van der Waals surface area contributed by atoms with E-state index < -0.39 is 0 Å². The first kappa shape index (κ1) is 15.4. The van der Waals surface area contributed by atoms with Gasteiger partial charge in [0.15, 0.2) is 0 Å². The molecule has 0 aromatic heterocycles. The second-order valence-corrected chi connectivity index (χ2v) is 5.21. The Bertz CT molecular complexity index is 476. The number of hydrogen-bond acceptors (Lipinski definition) is 1. The highest BCUT2D eigenvalue weighted by molar-refractivity contribution is 6.09. The highest BCUT2D eigenvalue weighted by Gasteiger charge is 2.05. The van der Waals surface area contributed by atoms with Crippen molar-refractivity contribution in [2.45, 2.75) is 34.1 Å². The van der Waals surface area contributed by atoms with Crippen LogP contribution in [-0.4, -0.2) is 12.8 Å². The summed E-state index contributed by atoms with van der Waals surface area (Å²) >= 11 is 0. The molecule has 0 saturated carbocycles. The Hall–Kier alpha value is -1.63. The van der Waals surface area contributed by atoms with Crippen LogP contribution in [-0.2, 0) is 0 Å². The molecule has 0 amide bonds. The summed E-state index contributed by atoms with van der Waals surface area (Å²) in [5.41, 5.74) is 4.93. The summed E-state index contributed by atoms with van der Waals surface area (Å²) in [4.78, 5) is 4.41. The number of nitrogens with zero attached hydrogens (tertiary/aromatic N) is 1. The summed E-state index contributed by atoms with van der Waals surface area (Å²) in [6.45, 7) is 8.79. The predicted octanol–water partition coefficient (Wildman–Crippen LogP) is 5.04. The maximum atomic E-state index is 4.41. The minimum absolute atomic E-state index is 0.674. The fraction of sp³-hybridized carbons (Fsp3) is 0.389. The highest BCUT2D eigenvalue weighted by Crippen LogP contribution is 2.19. The third-order valence-electron chi connectivity index (χ3n) is 3.15. The van der Waals surface area contributed by atoms with Crippen molar-refractivity contribution in [1.82, 2.24) is 0 Å². The van der Waals surface area contributed by atoms with Gasteiger partial charge in [-0.25, -0.2) is 0 Å². The molecule has 0 aliphatic carbocycles. The Morgan fingerprint density at radius 1 is 1.21 bits per heavy atom. The van der Waals surface area contributed by atoms with Crippen molar-refractivity contribution >= 4 is 5.71 Å². The van der Waals surface area contributed by atoms with Crippen molar-refractivity contribution in [2.75, 3.05) is 7.05 Å². The third-order valence-corrected chi connectivity index (χ3v) is 3.15. The Kier molecular flexibility index (Phi) is 6.27. The summed E-state index contributed by atoms with van der Waals surface area (Å²) < 4.78 is 0. The average Bonchev–Trinajstić information content (AvgIpc) is 2.42. The number of benzene rings is 1. The molecular formula is C18H25N. The number of hydrogen-bond donors (Lipinski definition) is 0. The van der Waals surface area contributed by atoms with Crippen molar-refractivity contribution in [3.8, 4) is 0 Å². The first-order valence-electron chi connectivity index (χ1n) is 6.94. The van der Waals surface area contributed by atoms with Gasteiger partial charge < -0.3 is 0 Å². The van der Waals surface area contributed by atoms with Gasteiger partial charge in [0.1, 0.15) is 0 Å². The molecule has 0 N–H and O–H groups in total. The number of aliphatic imine (C=N–C) groups is 1. The third kappa shape index (κ3) is 4.86. The Balaban J connectivity index is 2.99. The van der Waals surface area contributed by atoms with Crippen LogP contribution in [0.2, 0.25) is 0 Å². The molecule has 0 aliphatic heterocycles. The van der Waals surface area contributed by atoms with E-state index in [1.165, 1.54) is 16.7 Å². The van der Waals surface area contributed by atoms with Crippen molar-refractivity contribution < 1.29 is 0 Å². The van der Waals surface area contributed by atoms with Crippen LogP contribution in [0.1, 0.15) is 39.7 Å². The molecule has 0 heterocycles. The second kappa shape index (κ2) is 7.73. The molecule has 0 radical (unpaired) electrons. The lowest BCUT2D eigenvalue weighted by molar-refractivity contribution is 0.645. The van der Waals surface area contributed by atoms with Gasteiger partial charge in [0.05, 0.1) is 5.71 Å². The van der Waals surface area contributed by atoms with Gasteiger partial charge in [-0.1, -0.05) is 50.3 Å². The van der Waals surface area contributed by atoms with E-state index in [2.05, 4.69) is 57.0 Å². The summed E-state index contributed by atoms with van der Waals surface area (Å²) in [6.07, 6.45) is 5.52. The quantitative estimate of drug-likeness (QED) is 0.516. The van der Waals surface area contributed by atoms with E-state index in [0.717, 1.165) is 12.1 Å². The molecule has 1 nitrogen and oxygen atoms in total. The molecule has 0 bridgehead atoms. The number of allylic oxidation sites excluding steroid dienone is 4. The van der Waals surface area contributed by atoms with Crippen molar-refractivity contribution in [3.63, 3.8) is 0 Å². The van der Waals surface area contributed by atoms with Gasteiger partial charge in [-0.3, -0.25) is 4.99 Å². The monoisotopic (exact) mass is 255 g/mol. The SMILES string of the molecule is C\C=C(CC(C)C)/C(C)=C\C(=N\C)c1ccccc1. The fourth-order valence-corrected chi connectivity index (χ4v) is 2.13. The minimum Gasteiger partial charge on any atom is -0.288 e. The Labute approximate surface area is 117 Å². The van der Waals surface area contributed by atoms with E-state index in [1.807, 2.05) is 25.2 Å². The molecule has 0 atom stereocenters. The lowest BCUT2D eigenvalue weighted by Gasteiger charge is -2.11. The van der Waals surface area contributed by atoms with Crippen LogP contribution >= 0.6 is 0 Å². The summed E-state index contributed by atoms with van der Waals surface area (Å²) in [7, 11) is 1.85. The van der Waals surface area contributed by atoms with Crippen molar-refractivity contribution in [3.05, 3.63) is 59.2 Å². The molecule has 0 fully saturated rings. The number of rotatable bonds is 5. The maximum absolute atomic E-state index is 4.41. The fourth-order valence-electron chi connectivity index (χ4n) is 2.13. The van der Waals surface area contributed by atoms with E-state index in [-0.39, 0.29) is 0 Å². The zero-order valence-electron chi connectivity index (χ0n) is 12.8. The van der Waals surface area contributed by atoms with E-state index in [4.69, 9.17) is 0 Å². The van der Waals surface area contributed by atoms with Gasteiger partial charge in [0.2, 0.25) is 0 Å². The molecule has 102 valence electrons. The van der Waals surface area contributed by atoms with Crippen LogP contribution < -0.4 is 0 Å². The Morgan fingerprint density at radius 3 is 2.32 bits per heavy atom.